The summed E-state index contributed by atoms with van der Waals surface area (Å²) in [4.78, 5) is 11.2. The van der Waals surface area contributed by atoms with Crippen molar-refractivity contribution in [1.82, 2.24) is 0 Å². The van der Waals surface area contributed by atoms with Crippen molar-refractivity contribution in [2.45, 2.75) is 13.8 Å². The molecule has 1 rings (SSSR count). The molecule has 64 valence electrons. The topological polar surface area (TPSA) is 17.1 Å². The predicted octanol–water partition coefficient (Wildman–Crippen LogP) is 2.97. The van der Waals surface area contributed by atoms with E-state index in [2.05, 4.69) is 0 Å². The molecule has 3 heteroatoms. The van der Waals surface area contributed by atoms with Crippen LogP contribution in [0.4, 0.5) is 0 Å². The molecule has 1 aromatic carbocycles. The van der Waals surface area contributed by atoms with Gasteiger partial charge >= 0.3 is 0 Å². The maximum absolute atomic E-state index is 11.2. The molecule has 0 spiro atoms. The van der Waals surface area contributed by atoms with Gasteiger partial charge in [0, 0.05) is 0 Å². The molecule has 0 aliphatic rings. The fourth-order valence-corrected chi connectivity index (χ4v) is 1.43. The Morgan fingerprint density at radius 1 is 1.00 bits per heavy atom. The molecule has 0 bridgehead atoms. The minimum Gasteiger partial charge on any atom is -0.287 e. The van der Waals surface area contributed by atoms with Gasteiger partial charge < -0.3 is 0 Å². The first-order valence-corrected chi connectivity index (χ1v) is 4.24. The third-order valence-corrected chi connectivity index (χ3v) is 2.30. The van der Waals surface area contributed by atoms with E-state index >= 15 is 0 Å². The molecular weight excluding hydrogens is 195 g/mol. The van der Waals surface area contributed by atoms with Crippen molar-refractivity contribution < 1.29 is 0 Å². The summed E-state index contributed by atoms with van der Waals surface area (Å²) in [5.74, 6) is 0. The van der Waals surface area contributed by atoms with E-state index in [1.54, 1.807) is 12.1 Å². The highest BCUT2D eigenvalue weighted by molar-refractivity contribution is 6.34. The summed E-state index contributed by atoms with van der Waals surface area (Å²) in [6.07, 6.45) is 0. The van der Waals surface area contributed by atoms with Crippen molar-refractivity contribution in [3.05, 3.63) is 43.5 Å². The first-order chi connectivity index (χ1) is 5.52. The standard InChI is InChI=1S/C9H8Cl2O/c1-5-3-7(10)9(12)8(11)4-6(5)2/h3-4H,1-2H3. The quantitative estimate of drug-likeness (QED) is 0.633. The second kappa shape index (κ2) is 3.46. The van der Waals surface area contributed by atoms with Gasteiger partial charge in [-0.05, 0) is 37.1 Å². The minimum absolute atomic E-state index is 0.172. The Labute approximate surface area is 80.9 Å². The lowest BCUT2D eigenvalue weighted by Crippen LogP contribution is -1.96. The van der Waals surface area contributed by atoms with E-state index in [0.29, 0.717) is 0 Å². The third-order valence-electron chi connectivity index (χ3n) is 1.74. The lowest BCUT2D eigenvalue weighted by molar-refractivity contribution is 1.37. The number of hydrogen-bond donors (Lipinski definition) is 0. The monoisotopic (exact) mass is 202 g/mol. The summed E-state index contributed by atoms with van der Waals surface area (Å²) >= 11 is 11.4. The van der Waals surface area contributed by atoms with E-state index < -0.39 is 0 Å². The van der Waals surface area contributed by atoms with E-state index in [1.807, 2.05) is 13.8 Å². The molecule has 0 saturated carbocycles. The maximum Gasteiger partial charge on any atom is 0.215 e. The number of hydrogen-bond acceptors (Lipinski definition) is 1. The van der Waals surface area contributed by atoms with Crippen LogP contribution in [0, 0.1) is 13.8 Å². The molecular formula is C9H8Cl2O. The summed E-state index contributed by atoms with van der Waals surface area (Å²) in [7, 11) is 0. The molecule has 1 aromatic rings. The largest absolute Gasteiger partial charge is 0.287 e. The smallest absolute Gasteiger partial charge is 0.215 e. The summed E-state index contributed by atoms with van der Waals surface area (Å²) in [6.45, 7) is 3.77. The number of halogens is 2. The van der Waals surface area contributed by atoms with Gasteiger partial charge in [0.25, 0.3) is 0 Å². The molecule has 12 heavy (non-hydrogen) atoms. The van der Waals surface area contributed by atoms with Crippen molar-refractivity contribution in [3.63, 3.8) is 0 Å². The Bertz CT molecular complexity index is 338. The summed E-state index contributed by atoms with van der Waals surface area (Å²) in [5, 5.41) is 0.344. The van der Waals surface area contributed by atoms with Gasteiger partial charge in [0.2, 0.25) is 5.43 Å². The highest BCUT2D eigenvalue weighted by Crippen LogP contribution is 2.13. The van der Waals surface area contributed by atoms with E-state index in [9.17, 15) is 4.79 Å². The fourth-order valence-electron chi connectivity index (χ4n) is 0.853. The fraction of sp³-hybridized carbons (Fsp3) is 0.222. The van der Waals surface area contributed by atoms with Crippen LogP contribution in [0.25, 0.3) is 0 Å². The normalized spacial score (nSPS) is 10.0. The van der Waals surface area contributed by atoms with Crippen LogP contribution in [0.15, 0.2) is 16.9 Å². The van der Waals surface area contributed by atoms with Gasteiger partial charge in [-0.1, -0.05) is 23.2 Å². The van der Waals surface area contributed by atoms with Crippen molar-refractivity contribution >= 4 is 23.2 Å². The Kier molecular flexibility index (Phi) is 2.76. The lowest BCUT2D eigenvalue weighted by atomic mass is 10.2. The van der Waals surface area contributed by atoms with E-state index in [-0.39, 0.29) is 15.5 Å². The summed E-state index contributed by atoms with van der Waals surface area (Å²) < 4.78 is 0. The van der Waals surface area contributed by atoms with Gasteiger partial charge in [0.15, 0.2) is 0 Å². The molecule has 0 saturated heterocycles. The molecule has 0 aromatic heterocycles. The molecule has 0 aliphatic heterocycles. The van der Waals surface area contributed by atoms with Crippen LogP contribution in [0.3, 0.4) is 0 Å². The first kappa shape index (κ1) is 9.56. The SMILES string of the molecule is Cc1cc(Cl)c(=O)c(Cl)cc1C. The maximum atomic E-state index is 11.2. The average molecular weight is 203 g/mol. The molecule has 0 amide bonds. The minimum atomic E-state index is -0.311. The number of rotatable bonds is 0. The number of aryl methyl sites for hydroxylation is 2. The van der Waals surface area contributed by atoms with Crippen molar-refractivity contribution in [3.8, 4) is 0 Å². The third kappa shape index (κ3) is 1.79. The zero-order chi connectivity index (χ0) is 9.30. The Hall–Kier alpha value is -0.530. The Morgan fingerprint density at radius 2 is 1.33 bits per heavy atom. The average Bonchev–Trinajstić information content (AvgIpc) is 2.07. The van der Waals surface area contributed by atoms with Crippen molar-refractivity contribution in [1.29, 1.82) is 0 Å². The highest BCUT2D eigenvalue weighted by atomic mass is 35.5. The van der Waals surface area contributed by atoms with Gasteiger partial charge in [0.05, 0.1) is 10.0 Å². The van der Waals surface area contributed by atoms with Crippen LogP contribution in [0.2, 0.25) is 10.0 Å². The van der Waals surface area contributed by atoms with E-state index in [0.717, 1.165) is 11.1 Å². The van der Waals surface area contributed by atoms with Crippen LogP contribution in [-0.2, 0) is 0 Å². The molecule has 0 unspecified atom stereocenters. The van der Waals surface area contributed by atoms with Crippen LogP contribution >= 0.6 is 23.2 Å². The van der Waals surface area contributed by atoms with Gasteiger partial charge in [0.1, 0.15) is 0 Å². The zero-order valence-electron chi connectivity index (χ0n) is 6.82. The molecule has 0 fully saturated rings. The summed E-state index contributed by atoms with van der Waals surface area (Å²) in [5.41, 5.74) is 1.61. The molecule has 0 atom stereocenters. The van der Waals surface area contributed by atoms with E-state index in [4.69, 9.17) is 23.2 Å². The van der Waals surface area contributed by atoms with Crippen molar-refractivity contribution in [2.24, 2.45) is 0 Å². The van der Waals surface area contributed by atoms with Gasteiger partial charge in [-0.15, -0.1) is 0 Å². The lowest BCUT2D eigenvalue weighted by Gasteiger charge is -1.89. The van der Waals surface area contributed by atoms with Crippen molar-refractivity contribution in [2.75, 3.05) is 0 Å². The van der Waals surface area contributed by atoms with Gasteiger partial charge in [-0.2, -0.15) is 0 Å². The molecule has 0 heterocycles. The second-order valence-corrected chi connectivity index (χ2v) is 3.49. The van der Waals surface area contributed by atoms with Gasteiger partial charge in [-0.3, -0.25) is 4.79 Å². The Morgan fingerprint density at radius 3 is 1.67 bits per heavy atom. The molecule has 0 radical (unpaired) electrons. The van der Waals surface area contributed by atoms with Crippen LogP contribution in [0.5, 0.6) is 0 Å². The first-order valence-electron chi connectivity index (χ1n) is 3.49. The zero-order valence-corrected chi connectivity index (χ0v) is 8.33. The summed E-state index contributed by atoms with van der Waals surface area (Å²) in [6, 6.07) is 3.26. The predicted molar refractivity (Wildman–Crippen MR) is 52.2 cm³/mol. The second-order valence-electron chi connectivity index (χ2n) is 2.68. The molecule has 0 aliphatic carbocycles. The Balaban J connectivity index is 3.67. The highest BCUT2D eigenvalue weighted by Gasteiger charge is 2.01. The van der Waals surface area contributed by atoms with Crippen LogP contribution < -0.4 is 5.43 Å². The molecule has 0 N–H and O–H groups in total. The molecule has 1 nitrogen and oxygen atoms in total. The van der Waals surface area contributed by atoms with E-state index in [1.165, 1.54) is 0 Å². The van der Waals surface area contributed by atoms with Crippen LogP contribution in [0.1, 0.15) is 11.1 Å². The van der Waals surface area contributed by atoms with Crippen LogP contribution in [-0.4, -0.2) is 0 Å². The van der Waals surface area contributed by atoms with Gasteiger partial charge in [-0.25, -0.2) is 0 Å².